The second kappa shape index (κ2) is 9.71. The molecule has 34 heavy (non-hydrogen) atoms. The molecule has 4 rings (SSSR count). The number of benzene rings is 2. The molecule has 0 fully saturated rings. The van der Waals surface area contributed by atoms with E-state index in [1.165, 1.54) is 9.42 Å². The van der Waals surface area contributed by atoms with Crippen LogP contribution in [0.15, 0.2) is 53.3 Å². The molecule has 0 bridgehead atoms. The van der Waals surface area contributed by atoms with Gasteiger partial charge in [0.2, 0.25) is 5.95 Å². The number of carbonyl (C=O) groups excluding carboxylic acids is 1. The highest BCUT2D eigenvalue weighted by atomic mass is 16.2. The Bertz CT molecular complexity index is 1460. The molecule has 0 aliphatic rings. The van der Waals surface area contributed by atoms with E-state index >= 15 is 0 Å². The molecule has 1 N–H and O–H groups in total. The second-order valence-corrected chi connectivity index (χ2v) is 8.34. The van der Waals surface area contributed by atoms with Crippen molar-refractivity contribution in [1.29, 1.82) is 5.26 Å². The molecule has 0 aliphatic carbocycles. The first kappa shape index (κ1) is 22.9. The lowest BCUT2D eigenvalue weighted by molar-refractivity contribution is 0.0983. The summed E-state index contributed by atoms with van der Waals surface area (Å²) in [5, 5.41) is 12.3. The molecular weight excluding hydrogens is 428 g/mol. The third kappa shape index (κ3) is 4.59. The molecule has 4 aromatic rings. The average Bonchev–Trinajstić information content (AvgIpc) is 3.26. The van der Waals surface area contributed by atoms with Crippen LogP contribution in [0.3, 0.4) is 0 Å². The summed E-state index contributed by atoms with van der Waals surface area (Å²) in [7, 11) is 0. The number of nitrogens with zero attached hydrogens (tertiary/aromatic N) is 5. The van der Waals surface area contributed by atoms with Crippen molar-refractivity contribution < 1.29 is 4.79 Å². The van der Waals surface area contributed by atoms with E-state index in [1.807, 2.05) is 32.0 Å². The SMILES string of the molecule is CCCCc1c(C)nc2nc(N(Cc3cccc(C#N)c3)C(=O)c3cccc(C)c3)[nH]n2c1=O. The van der Waals surface area contributed by atoms with Gasteiger partial charge < -0.3 is 0 Å². The summed E-state index contributed by atoms with van der Waals surface area (Å²) in [6, 6.07) is 16.5. The topological polar surface area (TPSA) is 107 Å². The van der Waals surface area contributed by atoms with Crippen LogP contribution >= 0.6 is 0 Å². The maximum Gasteiger partial charge on any atom is 0.277 e. The van der Waals surface area contributed by atoms with Crippen molar-refractivity contribution in [3.63, 3.8) is 0 Å². The fourth-order valence-electron chi connectivity index (χ4n) is 3.90. The molecule has 172 valence electrons. The highest BCUT2D eigenvalue weighted by molar-refractivity contribution is 6.05. The molecule has 8 heteroatoms. The van der Waals surface area contributed by atoms with Crippen molar-refractivity contribution in [2.45, 2.75) is 46.6 Å². The molecule has 2 heterocycles. The minimum absolute atomic E-state index is 0.165. The van der Waals surface area contributed by atoms with E-state index in [-0.39, 0.29) is 29.7 Å². The average molecular weight is 455 g/mol. The molecule has 1 amide bonds. The molecule has 0 aliphatic heterocycles. The van der Waals surface area contributed by atoms with Crippen LogP contribution < -0.4 is 10.5 Å². The summed E-state index contributed by atoms with van der Waals surface area (Å²) in [6.07, 6.45) is 2.49. The molecule has 0 spiro atoms. The van der Waals surface area contributed by atoms with E-state index in [0.29, 0.717) is 28.8 Å². The van der Waals surface area contributed by atoms with Gasteiger partial charge in [0.05, 0.1) is 23.9 Å². The molecule has 2 aromatic heterocycles. The largest absolute Gasteiger partial charge is 0.277 e. The molecule has 0 unspecified atom stereocenters. The number of anilines is 1. The summed E-state index contributed by atoms with van der Waals surface area (Å²) in [5.41, 5.74) is 3.81. The van der Waals surface area contributed by atoms with E-state index in [0.717, 1.165) is 24.0 Å². The summed E-state index contributed by atoms with van der Waals surface area (Å²) in [6.45, 7) is 5.97. The van der Waals surface area contributed by atoms with Crippen LogP contribution in [0.5, 0.6) is 0 Å². The predicted octanol–water partition coefficient (Wildman–Crippen LogP) is 4.10. The van der Waals surface area contributed by atoms with Gasteiger partial charge in [-0.25, -0.2) is 4.98 Å². The molecule has 2 aromatic carbocycles. The number of nitrogens with one attached hydrogen (secondary N) is 1. The Hall–Kier alpha value is -4.25. The number of unbranched alkanes of at least 4 members (excludes halogenated alkanes) is 1. The fraction of sp³-hybridized carbons (Fsp3) is 0.269. The smallest absolute Gasteiger partial charge is 0.272 e. The fourth-order valence-corrected chi connectivity index (χ4v) is 3.90. The van der Waals surface area contributed by atoms with Gasteiger partial charge in [-0.2, -0.15) is 14.8 Å². The number of hydrogen-bond donors (Lipinski definition) is 1. The Kier molecular flexibility index (Phi) is 6.55. The Balaban J connectivity index is 1.82. The summed E-state index contributed by atoms with van der Waals surface area (Å²) >= 11 is 0. The first-order chi connectivity index (χ1) is 16.4. The van der Waals surface area contributed by atoms with Crippen LogP contribution in [-0.4, -0.2) is 25.5 Å². The summed E-state index contributed by atoms with van der Waals surface area (Å²) in [5.74, 6) is 0.150. The molecule has 0 atom stereocenters. The maximum atomic E-state index is 13.6. The highest BCUT2D eigenvalue weighted by Crippen LogP contribution is 2.19. The third-order valence-electron chi connectivity index (χ3n) is 5.73. The Morgan fingerprint density at radius 2 is 1.94 bits per heavy atom. The van der Waals surface area contributed by atoms with Crippen molar-refractivity contribution in [3.05, 3.63) is 92.4 Å². The number of nitriles is 1. The molecular formula is C26H26N6O2. The maximum absolute atomic E-state index is 13.6. The Morgan fingerprint density at radius 1 is 1.15 bits per heavy atom. The van der Waals surface area contributed by atoms with Gasteiger partial charge in [-0.3, -0.25) is 19.6 Å². The Labute approximate surface area is 197 Å². The van der Waals surface area contributed by atoms with E-state index in [2.05, 4.69) is 28.1 Å². The van der Waals surface area contributed by atoms with Crippen LogP contribution in [0.4, 0.5) is 5.95 Å². The van der Waals surface area contributed by atoms with Crippen LogP contribution in [0.1, 0.15) is 58.1 Å². The lowest BCUT2D eigenvalue weighted by Gasteiger charge is -2.20. The molecule has 0 radical (unpaired) electrons. The van der Waals surface area contributed by atoms with Gasteiger partial charge in [-0.05, 0) is 56.5 Å². The van der Waals surface area contributed by atoms with E-state index in [4.69, 9.17) is 0 Å². The van der Waals surface area contributed by atoms with Crippen LogP contribution in [0.25, 0.3) is 5.78 Å². The Morgan fingerprint density at radius 3 is 2.68 bits per heavy atom. The number of aromatic nitrogens is 4. The molecule has 0 saturated heterocycles. The zero-order valence-electron chi connectivity index (χ0n) is 19.5. The first-order valence-electron chi connectivity index (χ1n) is 11.3. The van der Waals surface area contributed by atoms with Gasteiger partial charge in [-0.15, -0.1) is 0 Å². The minimum atomic E-state index is -0.277. The second-order valence-electron chi connectivity index (χ2n) is 8.34. The standard InChI is InChI=1S/C26H26N6O2/c1-4-5-12-22-18(3)28-25-29-26(30-32(25)24(22)34)31(16-20-10-7-9-19(14-20)15-27)23(33)21-11-6-8-17(2)13-21/h6-11,13-14H,4-5,12,16H2,1-3H3,(H,28,29,30). The van der Waals surface area contributed by atoms with Crippen molar-refractivity contribution in [2.24, 2.45) is 0 Å². The van der Waals surface area contributed by atoms with Gasteiger partial charge in [-0.1, -0.05) is 43.2 Å². The lowest BCUT2D eigenvalue weighted by Crippen LogP contribution is -2.31. The quantitative estimate of drug-likeness (QED) is 0.452. The normalized spacial score (nSPS) is 10.9. The minimum Gasteiger partial charge on any atom is -0.272 e. The third-order valence-corrected chi connectivity index (χ3v) is 5.73. The van der Waals surface area contributed by atoms with E-state index in [9.17, 15) is 14.9 Å². The first-order valence-corrected chi connectivity index (χ1v) is 11.3. The van der Waals surface area contributed by atoms with Gasteiger partial charge in [0, 0.05) is 11.1 Å². The van der Waals surface area contributed by atoms with E-state index < -0.39 is 0 Å². The molecule has 0 saturated carbocycles. The van der Waals surface area contributed by atoms with Crippen molar-refractivity contribution >= 4 is 17.6 Å². The number of amides is 1. The zero-order valence-corrected chi connectivity index (χ0v) is 19.5. The summed E-state index contributed by atoms with van der Waals surface area (Å²) in [4.78, 5) is 37.2. The highest BCUT2D eigenvalue weighted by Gasteiger charge is 2.23. The number of aromatic amines is 1. The van der Waals surface area contributed by atoms with Crippen molar-refractivity contribution in [1.82, 2.24) is 19.6 Å². The van der Waals surface area contributed by atoms with Crippen molar-refractivity contribution in [2.75, 3.05) is 4.90 Å². The molecule has 8 nitrogen and oxygen atoms in total. The lowest BCUT2D eigenvalue weighted by atomic mass is 10.1. The predicted molar refractivity (Wildman–Crippen MR) is 130 cm³/mol. The van der Waals surface area contributed by atoms with E-state index in [1.54, 1.807) is 30.3 Å². The summed E-state index contributed by atoms with van der Waals surface area (Å²) < 4.78 is 1.30. The van der Waals surface area contributed by atoms with Gasteiger partial charge in [0.1, 0.15) is 0 Å². The monoisotopic (exact) mass is 454 g/mol. The zero-order chi connectivity index (χ0) is 24.2. The number of aryl methyl sites for hydroxylation is 2. The number of carbonyl (C=O) groups is 1. The van der Waals surface area contributed by atoms with Crippen LogP contribution in [0, 0.1) is 25.2 Å². The van der Waals surface area contributed by atoms with Gasteiger partial charge in [0.15, 0.2) is 0 Å². The van der Waals surface area contributed by atoms with Crippen LogP contribution in [-0.2, 0) is 13.0 Å². The van der Waals surface area contributed by atoms with Gasteiger partial charge >= 0.3 is 0 Å². The number of hydrogen-bond acceptors (Lipinski definition) is 5. The number of rotatable bonds is 7. The van der Waals surface area contributed by atoms with Crippen LogP contribution in [0.2, 0.25) is 0 Å². The number of H-pyrrole nitrogens is 1. The van der Waals surface area contributed by atoms with Crippen molar-refractivity contribution in [3.8, 4) is 6.07 Å². The number of fused-ring (bicyclic) bond motifs is 1. The van der Waals surface area contributed by atoms with Gasteiger partial charge in [0.25, 0.3) is 17.2 Å².